The van der Waals surface area contributed by atoms with Gasteiger partial charge in [-0.2, -0.15) is 0 Å². The molecule has 23 heavy (non-hydrogen) atoms. The zero-order valence-corrected chi connectivity index (χ0v) is 13.5. The number of nitro benzene ring substituents is 1. The smallest absolute Gasteiger partial charge is 0.272 e. The van der Waals surface area contributed by atoms with Gasteiger partial charge in [-0.25, -0.2) is 0 Å². The second-order valence-corrected chi connectivity index (χ2v) is 6.43. The van der Waals surface area contributed by atoms with Gasteiger partial charge in [-0.05, 0) is 42.5 Å². The molecule has 0 unspecified atom stereocenters. The van der Waals surface area contributed by atoms with Crippen LogP contribution in [0.3, 0.4) is 0 Å². The van der Waals surface area contributed by atoms with Crippen LogP contribution in [0.2, 0.25) is 0 Å². The SMILES string of the molecule is Cc1cc(OCC(=O)N2CCc3sccc3C2)ccc1[N+](=O)[O-]. The average Bonchev–Trinajstić information content (AvgIpc) is 2.99. The summed E-state index contributed by atoms with van der Waals surface area (Å²) in [7, 11) is 0. The van der Waals surface area contributed by atoms with E-state index in [4.69, 9.17) is 4.74 Å². The number of nitro groups is 1. The molecule has 3 rings (SSSR count). The fraction of sp³-hybridized carbons (Fsp3) is 0.312. The summed E-state index contributed by atoms with van der Waals surface area (Å²) in [4.78, 5) is 25.7. The number of benzene rings is 1. The largest absolute Gasteiger partial charge is 0.484 e. The number of fused-ring (bicyclic) bond motifs is 1. The molecule has 1 aliphatic rings. The molecule has 0 aliphatic carbocycles. The van der Waals surface area contributed by atoms with E-state index >= 15 is 0 Å². The Morgan fingerprint density at radius 2 is 2.26 bits per heavy atom. The predicted molar refractivity (Wildman–Crippen MR) is 86.8 cm³/mol. The third-order valence-corrected chi connectivity index (χ3v) is 4.91. The van der Waals surface area contributed by atoms with Crippen molar-refractivity contribution >= 4 is 22.9 Å². The van der Waals surface area contributed by atoms with Crippen LogP contribution >= 0.6 is 11.3 Å². The molecule has 6 nitrogen and oxygen atoms in total. The van der Waals surface area contributed by atoms with Crippen LogP contribution in [0.25, 0.3) is 0 Å². The maximum atomic E-state index is 12.3. The predicted octanol–water partition coefficient (Wildman–Crippen LogP) is 2.93. The van der Waals surface area contributed by atoms with Gasteiger partial charge in [-0.15, -0.1) is 11.3 Å². The van der Waals surface area contributed by atoms with E-state index in [1.54, 1.807) is 29.2 Å². The Kier molecular flexibility index (Phi) is 4.29. The highest BCUT2D eigenvalue weighted by atomic mass is 32.1. The molecule has 1 aromatic carbocycles. The Morgan fingerprint density at radius 3 is 3.00 bits per heavy atom. The molecular formula is C16H16N2O4S. The minimum absolute atomic E-state index is 0.0460. The maximum absolute atomic E-state index is 12.3. The van der Waals surface area contributed by atoms with Crippen LogP contribution in [0.5, 0.6) is 5.75 Å². The third-order valence-electron chi connectivity index (χ3n) is 3.89. The van der Waals surface area contributed by atoms with Crippen molar-refractivity contribution in [2.24, 2.45) is 0 Å². The highest BCUT2D eigenvalue weighted by Crippen LogP contribution is 2.25. The molecule has 0 N–H and O–H groups in total. The molecule has 7 heteroatoms. The summed E-state index contributed by atoms with van der Waals surface area (Å²) in [6.45, 7) is 2.92. The van der Waals surface area contributed by atoms with Crippen LogP contribution in [0.1, 0.15) is 16.0 Å². The van der Waals surface area contributed by atoms with Gasteiger partial charge in [0.1, 0.15) is 5.75 Å². The number of ether oxygens (including phenoxy) is 1. The van der Waals surface area contributed by atoms with Gasteiger partial charge >= 0.3 is 0 Å². The normalized spacial score (nSPS) is 13.5. The molecule has 1 aliphatic heterocycles. The van der Waals surface area contributed by atoms with Crippen LogP contribution in [0, 0.1) is 17.0 Å². The Labute approximate surface area is 137 Å². The van der Waals surface area contributed by atoms with E-state index in [9.17, 15) is 14.9 Å². The second kappa shape index (κ2) is 6.37. The van der Waals surface area contributed by atoms with E-state index < -0.39 is 4.92 Å². The van der Waals surface area contributed by atoms with E-state index in [2.05, 4.69) is 11.4 Å². The fourth-order valence-corrected chi connectivity index (χ4v) is 3.51. The minimum Gasteiger partial charge on any atom is -0.484 e. The van der Waals surface area contributed by atoms with E-state index in [0.29, 0.717) is 24.4 Å². The molecular weight excluding hydrogens is 316 g/mol. The Bertz CT molecular complexity index is 756. The summed E-state index contributed by atoms with van der Waals surface area (Å²) in [6.07, 6.45) is 0.884. The number of amides is 1. The highest BCUT2D eigenvalue weighted by molar-refractivity contribution is 7.10. The molecule has 1 aromatic heterocycles. The number of thiophene rings is 1. The number of carbonyl (C=O) groups excluding carboxylic acids is 1. The average molecular weight is 332 g/mol. The van der Waals surface area contributed by atoms with Crippen molar-refractivity contribution in [2.45, 2.75) is 19.9 Å². The topological polar surface area (TPSA) is 72.7 Å². The lowest BCUT2D eigenvalue weighted by Crippen LogP contribution is -2.38. The van der Waals surface area contributed by atoms with Gasteiger partial charge in [0.25, 0.3) is 11.6 Å². The number of hydrogen-bond donors (Lipinski definition) is 0. The number of aryl methyl sites for hydroxylation is 1. The molecule has 1 amide bonds. The minimum atomic E-state index is -0.434. The van der Waals surface area contributed by atoms with Crippen molar-refractivity contribution in [3.63, 3.8) is 0 Å². The molecule has 2 heterocycles. The Balaban J connectivity index is 1.59. The van der Waals surface area contributed by atoms with Crippen molar-refractivity contribution in [1.29, 1.82) is 0 Å². The summed E-state index contributed by atoms with van der Waals surface area (Å²) >= 11 is 1.73. The zero-order valence-electron chi connectivity index (χ0n) is 12.7. The zero-order chi connectivity index (χ0) is 16.4. The van der Waals surface area contributed by atoms with Gasteiger partial charge < -0.3 is 9.64 Å². The third kappa shape index (κ3) is 3.34. The number of carbonyl (C=O) groups is 1. The maximum Gasteiger partial charge on any atom is 0.272 e. The fourth-order valence-electron chi connectivity index (χ4n) is 2.62. The van der Waals surface area contributed by atoms with Crippen molar-refractivity contribution in [3.8, 4) is 5.75 Å². The molecule has 0 bridgehead atoms. The van der Waals surface area contributed by atoms with Crippen LogP contribution < -0.4 is 4.74 Å². The van der Waals surface area contributed by atoms with E-state index in [1.165, 1.54) is 22.6 Å². The first-order chi connectivity index (χ1) is 11.0. The van der Waals surface area contributed by atoms with Gasteiger partial charge in [0.15, 0.2) is 6.61 Å². The molecule has 2 aromatic rings. The van der Waals surface area contributed by atoms with Crippen LogP contribution in [0.15, 0.2) is 29.6 Å². The summed E-state index contributed by atoms with van der Waals surface area (Å²) in [5, 5.41) is 12.8. The van der Waals surface area contributed by atoms with Crippen molar-refractivity contribution in [3.05, 3.63) is 55.8 Å². The van der Waals surface area contributed by atoms with Crippen LogP contribution in [-0.2, 0) is 17.8 Å². The van der Waals surface area contributed by atoms with Gasteiger partial charge in [-0.3, -0.25) is 14.9 Å². The summed E-state index contributed by atoms with van der Waals surface area (Å²) < 4.78 is 5.49. The van der Waals surface area contributed by atoms with Gasteiger partial charge in [0, 0.05) is 29.6 Å². The second-order valence-electron chi connectivity index (χ2n) is 5.43. The van der Waals surface area contributed by atoms with Crippen LogP contribution in [-0.4, -0.2) is 28.9 Å². The monoisotopic (exact) mass is 332 g/mol. The standard InChI is InChI=1S/C16H16N2O4S/c1-11-8-13(2-3-14(11)18(20)21)22-10-16(19)17-6-4-15-12(9-17)5-7-23-15/h2-3,5,7-8H,4,6,9-10H2,1H3. The summed E-state index contributed by atoms with van der Waals surface area (Å²) in [6, 6.07) is 6.55. The lowest BCUT2D eigenvalue weighted by Gasteiger charge is -2.27. The molecule has 0 fully saturated rings. The lowest BCUT2D eigenvalue weighted by atomic mass is 10.1. The Hall–Kier alpha value is -2.41. The van der Waals surface area contributed by atoms with E-state index in [-0.39, 0.29) is 18.2 Å². The molecule has 0 saturated heterocycles. The van der Waals surface area contributed by atoms with Gasteiger partial charge in [-0.1, -0.05) is 0 Å². The highest BCUT2D eigenvalue weighted by Gasteiger charge is 2.21. The first kappa shape index (κ1) is 15.5. The van der Waals surface area contributed by atoms with E-state index in [1.807, 2.05) is 0 Å². The van der Waals surface area contributed by atoms with Gasteiger partial charge in [0.2, 0.25) is 0 Å². The molecule has 0 saturated carbocycles. The number of hydrogen-bond acceptors (Lipinski definition) is 5. The first-order valence-electron chi connectivity index (χ1n) is 7.25. The number of nitrogens with zero attached hydrogens (tertiary/aromatic N) is 2. The van der Waals surface area contributed by atoms with E-state index in [0.717, 1.165) is 6.42 Å². The quantitative estimate of drug-likeness (QED) is 0.637. The number of rotatable bonds is 4. The molecule has 0 spiro atoms. The van der Waals surface area contributed by atoms with Crippen molar-refractivity contribution < 1.29 is 14.5 Å². The summed E-state index contributed by atoms with van der Waals surface area (Å²) in [5.74, 6) is 0.396. The lowest BCUT2D eigenvalue weighted by molar-refractivity contribution is -0.385. The van der Waals surface area contributed by atoms with Crippen molar-refractivity contribution in [2.75, 3.05) is 13.2 Å². The Morgan fingerprint density at radius 1 is 1.43 bits per heavy atom. The first-order valence-corrected chi connectivity index (χ1v) is 8.13. The van der Waals surface area contributed by atoms with Crippen LogP contribution in [0.4, 0.5) is 5.69 Å². The molecule has 0 atom stereocenters. The summed E-state index contributed by atoms with van der Waals surface area (Å²) in [5.41, 5.74) is 1.77. The molecule has 0 radical (unpaired) electrons. The molecule has 120 valence electrons. The van der Waals surface area contributed by atoms with Gasteiger partial charge in [0.05, 0.1) is 4.92 Å². The van der Waals surface area contributed by atoms with Crippen molar-refractivity contribution in [1.82, 2.24) is 4.90 Å².